The van der Waals surface area contributed by atoms with Crippen molar-refractivity contribution in [3.63, 3.8) is 0 Å². The Balaban J connectivity index is 2.91. The zero-order valence-electron chi connectivity index (χ0n) is 12.4. The molecule has 0 aromatic rings. The number of carbonyl (C=O) groups is 1. The van der Waals surface area contributed by atoms with Gasteiger partial charge in [-0.2, -0.15) is 0 Å². The Morgan fingerprint density at radius 1 is 1.24 bits per heavy atom. The van der Waals surface area contributed by atoms with Crippen LogP contribution in [0, 0.1) is 11.3 Å². The van der Waals surface area contributed by atoms with E-state index in [2.05, 4.69) is 32.6 Å². The zero-order chi connectivity index (χ0) is 13.2. The van der Waals surface area contributed by atoms with E-state index >= 15 is 0 Å². The minimum absolute atomic E-state index is 0.158. The molecule has 100 valence electrons. The van der Waals surface area contributed by atoms with Crippen molar-refractivity contribution in [3.05, 3.63) is 0 Å². The zero-order valence-corrected chi connectivity index (χ0v) is 12.4. The summed E-state index contributed by atoms with van der Waals surface area (Å²) in [5.74, 6) is 0.591. The molecule has 2 nitrogen and oxygen atoms in total. The summed E-state index contributed by atoms with van der Waals surface area (Å²) < 4.78 is 0. The molecule has 0 spiro atoms. The molecule has 1 saturated heterocycles. The number of rotatable bonds is 5. The first-order valence-corrected chi connectivity index (χ1v) is 7.16. The maximum absolute atomic E-state index is 12.3. The van der Waals surface area contributed by atoms with Crippen LogP contribution in [-0.2, 0) is 4.79 Å². The Morgan fingerprint density at radius 3 is 2.12 bits per heavy atom. The normalized spacial score (nSPS) is 24.8. The van der Waals surface area contributed by atoms with Crippen molar-refractivity contribution in [2.45, 2.75) is 72.9 Å². The molecule has 1 heterocycles. The number of likely N-dealkylation sites (tertiary alicyclic amines) is 1. The van der Waals surface area contributed by atoms with Gasteiger partial charge in [-0.3, -0.25) is 9.69 Å². The number of hydrogen-bond donors (Lipinski definition) is 0. The highest BCUT2D eigenvalue weighted by Crippen LogP contribution is 2.42. The van der Waals surface area contributed by atoms with E-state index in [1.807, 2.05) is 13.8 Å². The first-order valence-electron chi connectivity index (χ1n) is 7.16. The van der Waals surface area contributed by atoms with E-state index < -0.39 is 0 Å². The maximum Gasteiger partial charge on any atom is 0.152 e. The van der Waals surface area contributed by atoms with Gasteiger partial charge in [0.1, 0.15) is 0 Å². The van der Waals surface area contributed by atoms with Crippen LogP contribution in [0.2, 0.25) is 0 Å². The minimum Gasteiger partial charge on any atom is -0.298 e. The molecule has 0 aromatic carbocycles. The average molecular weight is 239 g/mol. The van der Waals surface area contributed by atoms with Gasteiger partial charge >= 0.3 is 0 Å². The van der Waals surface area contributed by atoms with Gasteiger partial charge in [-0.25, -0.2) is 0 Å². The number of carbonyl (C=O) groups excluding carboxylic acids is 1. The van der Waals surface area contributed by atoms with Gasteiger partial charge in [-0.1, -0.05) is 27.7 Å². The quantitative estimate of drug-likeness (QED) is 0.732. The molecular formula is C15H29NO. The van der Waals surface area contributed by atoms with Gasteiger partial charge in [0, 0.05) is 18.5 Å². The van der Waals surface area contributed by atoms with Crippen molar-refractivity contribution in [2.24, 2.45) is 11.3 Å². The molecule has 1 aliphatic rings. The maximum atomic E-state index is 12.3. The summed E-state index contributed by atoms with van der Waals surface area (Å²) in [5, 5.41) is 0. The van der Waals surface area contributed by atoms with Crippen molar-refractivity contribution in [3.8, 4) is 0 Å². The van der Waals surface area contributed by atoms with Gasteiger partial charge in [0.15, 0.2) is 5.78 Å². The van der Waals surface area contributed by atoms with Crippen LogP contribution in [0.5, 0.6) is 0 Å². The lowest BCUT2D eigenvalue weighted by atomic mass is 9.79. The molecule has 0 N–H and O–H groups in total. The topological polar surface area (TPSA) is 20.3 Å². The Labute approximate surface area is 107 Å². The highest BCUT2D eigenvalue weighted by Gasteiger charge is 2.45. The molecule has 17 heavy (non-hydrogen) atoms. The molecule has 1 unspecified atom stereocenters. The molecule has 1 rings (SSSR count). The predicted molar refractivity (Wildman–Crippen MR) is 73.1 cm³/mol. The summed E-state index contributed by atoms with van der Waals surface area (Å²) in [6.07, 6.45) is 3.44. The standard InChI is InChI=1S/C15H29NO/c1-7-15(8-2)9-13(14(17)11(3)4)16(10-15)12(5)6/h11-13H,7-10H2,1-6H3. The average Bonchev–Trinajstić information content (AvgIpc) is 2.68. The molecule has 0 aromatic heterocycles. The fourth-order valence-electron chi connectivity index (χ4n) is 3.04. The summed E-state index contributed by atoms with van der Waals surface area (Å²) in [4.78, 5) is 14.8. The molecule has 2 heteroatoms. The molecule has 0 radical (unpaired) electrons. The van der Waals surface area contributed by atoms with Crippen molar-refractivity contribution in [1.29, 1.82) is 0 Å². The Morgan fingerprint density at radius 2 is 1.76 bits per heavy atom. The van der Waals surface area contributed by atoms with E-state index in [9.17, 15) is 4.79 Å². The first-order chi connectivity index (χ1) is 7.87. The van der Waals surface area contributed by atoms with Crippen LogP contribution in [0.3, 0.4) is 0 Å². The number of Topliss-reactive ketones (excluding diaryl/α,β-unsaturated/α-hetero) is 1. The van der Waals surface area contributed by atoms with Crippen molar-refractivity contribution >= 4 is 5.78 Å². The molecular weight excluding hydrogens is 210 g/mol. The molecule has 0 saturated carbocycles. The van der Waals surface area contributed by atoms with Crippen LogP contribution in [0.25, 0.3) is 0 Å². The van der Waals surface area contributed by atoms with Crippen molar-refractivity contribution in [2.75, 3.05) is 6.54 Å². The number of nitrogens with zero attached hydrogens (tertiary/aromatic N) is 1. The fourth-order valence-corrected chi connectivity index (χ4v) is 3.04. The molecule has 1 aliphatic heterocycles. The van der Waals surface area contributed by atoms with Crippen molar-refractivity contribution < 1.29 is 4.79 Å². The second kappa shape index (κ2) is 5.51. The summed E-state index contributed by atoms with van der Waals surface area (Å²) in [6, 6.07) is 0.637. The van der Waals surface area contributed by atoms with Gasteiger partial charge in [0.05, 0.1) is 6.04 Å². The monoisotopic (exact) mass is 239 g/mol. The number of hydrogen-bond acceptors (Lipinski definition) is 2. The van der Waals surface area contributed by atoms with E-state index in [-0.39, 0.29) is 12.0 Å². The lowest BCUT2D eigenvalue weighted by Gasteiger charge is -2.29. The Hall–Kier alpha value is -0.370. The molecule has 0 amide bonds. The second-order valence-electron chi connectivity index (χ2n) is 6.25. The fraction of sp³-hybridized carbons (Fsp3) is 0.933. The third-order valence-corrected chi connectivity index (χ3v) is 4.61. The second-order valence-corrected chi connectivity index (χ2v) is 6.25. The third-order valence-electron chi connectivity index (χ3n) is 4.61. The lowest BCUT2D eigenvalue weighted by Crippen LogP contribution is -2.42. The highest BCUT2D eigenvalue weighted by molar-refractivity contribution is 5.86. The minimum atomic E-state index is 0.158. The largest absolute Gasteiger partial charge is 0.298 e. The Kier molecular flexibility index (Phi) is 4.77. The molecule has 0 aliphatic carbocycles. The molecule has 1 atom stereocenters. The van der Waals surface area contributed by atoms with Gasteiger partial charge in [0.25, 0.3) is 0 Å². The van der Waals surface area contributed by atoms with Crippen LogP contribution in [0.15, 0.2) is 0 Å². The van der Waals surface area contributed by atoms with Gasteiger partial charge in [0.2, 0.25) is 0 Å². The van der Waals surface area contributed by atoms with E-state index in [0.717, 1.165) is 13.0 Å². The van der Waals surface area contributed by atoms with Crippen LogP contribution in [-0.4, -0.2) is 29.3 Å². The van der Waals surface area contributed by atoms with E-state index in [1.54, 1.807) is 0 Å². The SMILES string of the molecule is CCC1(CC)CC(C(=O)C(C)C)N(C(C)C)C1. The van der Waals surface area contributed by atoms with Crippen LogP contribution in [0.1, 0.15) is 60.8 Å². The van der Waals surface area contributed by atoms with Crippen LogP contribution in [0.4, 0.5) is 0 Å². The summed E-state index contributed by atoms with van der Waals surface area (Å²) >= 11 is 0. The Bertz CT molecular complexity index is 266. The molecule has 0 bridgehead atoms. The van der Waals surface area contributed by atoms with E-state index in [4.69, 9.17) is 0 Å². The third kappa shape index (κ3) is 2.90. The lowest BCUT2D eigenvalue weighted by molar-refractivity contribution is -0.126. The van der Waals surface area contributed by atoms with Gasteiger partial charge < -0.3 is 0 Å². The summed E-state index contributed by atoms with van der Waals surface area (Å²) in [6.45, 7) is 14.1. The molecule has 1 fully saturated rings. The summed E-state index contributed by atoms with van der Waals surface area (Å²) in [5.41, 5.74) is 0.374. The number of ketones is 1. The van der Waals surface area contributed by atoms with Crippen LogP contribution < -0.4 is 0 Å². The van der Waals surface area contributed by atoms with Crippen LogP contribution >= 0.6 is 0 Å². The van der Waals surface area contributed by atoms with Gasteiger partial charge in [-0.15, -0.1) is 0 Å². The van der Waals surface area contributed by atoms with Crippen molar-refractivity contribution in [1.82, 2.24) is 4.90 Å². The first kappa shape index (κ1) is 14.7. The smallest absolute Gasteiger partial charge is 0.152 e. The van der Waals surface area contributed by atoms with Gasteiger partial charge in [-0.05, 0) is 38.5 Å². The van der Waals surface area contributed by atoms with E-state index in [1.165, 1.54) is 12.8 Å². The highest BCUT2D eigenvalue weighted by atomic mass is 16.1. The predicted octanol–water partition coefficient (Wildman–Crippen LogP) is 3.50. The van der Waals surface area contributed by atoms with E-state index in [0.29, 0.717) is 17.2 Å². The summed E-state index contributed by atoms with van der Waals surface area (Å²) in [7, 11) is 0.